The summed E-state index contributed by atoms with van der Waals surface area (Å²) < 4.78 is 2.04. The van der Waals surface area contributed by atoms with Crippen LogP contribution in [0.2, 0.25) is 0 Å². The molecule has 5 heteroatoms. The van der Waals surface area contributed by atoms with E-state index in [9.17, 15) is 9.59 Å². The highest BCUT2D eigenvalue weighted by molar-refractivity contribution is 6.09. The molecule has 0 bridgehead atoms. The van der Waals surface area contributed by atoms with Crippen molar-refractivity contribution < 1.29 is 14.7 Å². The van der Waals surface area contributed by atoms with E-state index in [4.69, 9.17) is 5.11 Å². The third-order valence-electron chi connectivity index (χ3n) is 3.73. The number of carboxylic acid groups (broad SMARTS) is 1. The fraction of sp³-hybridized carbons (Fsp3) is 0.294. The van der Waals surface area contributed by atoms with Crippen LogP contribution in [0.3, 0.4) is 0 Å². The summed E-state index contributed by atoms with van der Waals surface area (Å²) in [7, 11) is 0. The summed E-state index contributed by atoms with van der Waals surface area (Å²) in [5, 5.41) is 9.12. The summed E-state index contributed by atoms with van der Waals surface area (Å²) in [5.74, 6) is -1.33. The zero-order valence-electron chi connectivity index (χ0n) is 13.0. The van der Waals surface area contributed by atoms with Gasteiger partial charge >= 0.3 is 5.97 Å². The van der Waals surface area contributed by atoms with Crippen molar-refractivity contribution in [2.24, 2.45) is 0 Å². The van der Waals surface area contributed by atoms with Crippen molar-refractivity contribution in [3.63, 3.8) is 0 Å². The largest absolute Gasteiger partial charge is 0.480 e. The number of carbonyl (C=O) groups is 2. The minimum atomic E-state index is -1.04. The molecule has 1 amide bonds. The van der Waals surface area contributed by atoms with Crippen molar-refractivity contribution in [2.45, 2.75) is 27.3 Å². The summed E-state index contributed by atoms with van der Waals surface area (Å²) in [4.78, 5) is 25.3. The molecule has 0 radical (unpaired) electrons. The zero-order valence-corrected chi connectivity index (χ0v) is 13.0. The third-order valence-corrected chi connectivity index (χ3v) is 3.73. The van der Waals surface area contributed by atoms with E-state index in [0.29, 0.717) is 11.3 Å². The number of carbonyl (C=O) groups excluding carboxylic acids is 1. The predicted octanol–water partition coefficient (Wildman–Crippen LogP) is 2.86. The molecule has 0 fully saturated rings. The van der Waals surface area contributed by atoms with E-state index in [-0.39, 0.29) is 12.5 Å². The first kappa shape index (κ1) is 15.8. The van der Waals surface area contributed by atoms with Gasteiger partial charge in [0.1, 0.15) is 6.54 Å². The van der Waals surface area contributed by atoms with Gasteiger partial charge in [0, 0.05) is 23.6 Å². The number of hydrogen-bond acceptors (Lipinski definition) is 2. The lowest BCUT2D eigenvalue weighted by Crippen LogP contribution is -2.36. The quantitative estimate of drug-likeness (QED) is 0.923. The molecule has 1 heterocycles. The topological polar surface area (TPSA) is 62.5 Å². The van der Waals surface area contributed by atoms with Gasteiger partial charge in [-0.1, -0.05) is 18.2 Å². The molecular weight excluding hydrogens is 280 g/mol. The van der Waals surface area contributed by atoms with Gasteiger partial charge in [0.25, 0.3) is 5.91 Å². The summed E-state index contributed by atoms with van der Waals surface area (Å²) in [6.45, 7) is 6.25. The van der Waals surface area contributed by atoms with E-state index in [1.807, 2.05) is 37.5 Å². The van der Waals surface area contributed by atoms with Gasteiger partial charge in [0.2, 0.25) is 0 Å². The lowest BCUT2D eigenvalue weighted by molar-refractivity contribution is -0.135. The number of aryl methyl sites for hydroxylation is 1. The highest BCUT2D eigenvalue weighted by atomic mass is 16.4. The molecule has 0 spiro atoms. The summed E-state index contributed by atoms with van der Waals surface area (Å²) >= 11 is 0. The molecule has 116 valence electrons. The van der Waals surface area contributed by atoms with Crippen molar-refractivity contribution in [2.75, 3.05) is 11.4 Å². The lowest BCUT2D eigenvalue weighted by Gasteiger charge is -2.21. The van der Waals surface area contributed by atoms with Crippen molar-refractivity contribution in [3.05, 3.63) is 53.3 Å². The number of benzene rings is 1. The van der Waals surface area contributed by atoms with E-state index in [2.05, 4.69) is 0 Å². The molecule has 0 saturated carbocycles. The monoisotopic (exact) mass is 300 g/mol. The van der Waals surface area contributed by atoms with Crippen LogP contribution in [0.25, 0.3) is 0 Å². The number of hydrogen-bond donors (Lipinski definition) is 1. The van der Waals surface area contributed by atoms with Gasteiger partial charge in [-0.05, 0) is 39.0 Å². The highest BCUT2D eigenvalue weighted by Crippen LogP contribution is 2.21. The molecule has 2 aromatic rings. The Morgan fingerprint density at radius 3 is 2.32 bits per heavy atom. The Bertz CT molecular complexity index is 689. The first-order valence-electron chi connectivity index (χ1n) is 7.21. The summed E-state index contributed by atoms with van der Waals surface area (Å²) in [6.07, 6.45) is 0. The van der Waals surface area contributed by atoms with Gasteiger partial charge in [0.05, 0.1) is 5.56 Å². The number of aromatic nitrogens is 1. The number of para-hydroxylation sites is 1. The number of amides is 1. The molecule has 0 saturated heterocycles. The zero-order chi connectivity index (χ0) is 16.3. The SMILES string of the molecule is CCn1c(C)cc(C(=O)N(CC(=O)O)c2ccccc2)c1C. The normalized spacial score (nSPS) is 10.5. The van der Waals surface area contributed by atoms with Crippen molar-refractivity contribution in [1.29, 1.82) is 0 Å². The Hall–Kier alpha value is -2.56. The van der Waals surface area contributed by atoms with Crippen molar-refractivity contribution >= 4 is 17.6 Å². The van der Waals surface area contributed by atoms with Gasteiger partial charge in [-0.15, -0.1) is 0 Å². The van der Waals surface area contributed by atoms with Crippen LogP contribution in [0.4, 0.5) is 5.69 Å². The molecule has 5 nitrogen and oxygen atoms in total. The molecule has 0 aliphatic heterocycles. The first-order valence-corrected chi connectivity index (χ1v) is 7.21. The van der Waals surface area contributed by atoms with E-state index in [1.54, 1.807) is 24.3 Å². The maximum atomic E-state index is 12.8. The van der Waals surface area contributed by atoms with Crippen LogP contribution in [-0.4, -0.2) is 28.1 Å². The van der Waals surface area contributed by atoms with Gasteiger partial charge in [0.15, 0.2) is 0 Å². The van der Waals surface area contributed by atoms with Crippen molar-refractivity contribution in [3.8, 4) is 0 Å². The summed E-state index contributed by atoms with van der Waals surface area (Å²) in [6, 6.07) is 10.7. The molecule has 0 unspecified atom stereocenters. The standard InChI is InChI=1S/C17H20N2O3/c1-4-18-12(2)10-15(13(18)3)17(22)19(11-16(20)21)14-8-6-5-7-9-14/h5-10H,4,11H2,1-3H3,(H,20,21). The average molecular weight is 300 g/mol. The Morgan fingerprint density at radius 2 is 1.82 bits per heavy atom. The van der Waals surface area contributed by atoms with Crippen LogP contribution in [-0.2, 0) is 11.3 Å². The smallest absolute Gasteiger partial charge is 0.323 e. The highest BCUT2D eigenvalue weighted by Gasteiger charge is 2.24. The number of rotatable bonds is 5. The second-order valence-corrected chi connectivity index (χ2v) is 5.15. The molecule has 0 aliphatic rings. The molecule has 0 aliphatic carbocycles. The Labute approximate surface area is 129 Å². The lowest BCUT2D eigenvalue weighted by atomic mass is 10.2. The van der Waals surface area contributed by atoms with Crippen LogP contribution < -0.4 is 4.90 Å². The molecule has 0 atom stereocenters. The van der Waals surface area contributed by atoms with Crippen LogP contribution in [0.1, 0.15) is 28.7 Å². The Kier molecular flexibility index (Phi) is 4.65. The molecular formula is C17H20N2O3. The van der Waals surface area contributed by atoms with Crippen LogP contribution in [0.5, 0.6) is 0 Å². The maximum Gasteiger partial charge on any atom is 0.323 e. The van der Waals surface area contributed by atoms with Gasteiger partial charge in [-0.3, -0.25) is 14.5 Å². The molecule has 2 rings (SSSR count). The minimum Gasteiger partial charge on any atom is -0.480 e. The fourth-order valence-electron chi connectivity index (χ4n) is 2.67. The second-order valence-electron chi connectivity index (χ2n) is 5.15. The fourth-order valence-corrected chi connectivity index (χ4v) is 2.67. The Balaban J connectivity index is 2.44. The van der Waals surface area contributed by atoms with E-state index in [0.717, 1.165) is 17.9 Å². The number of anilines is 1. The van der Waals surface area contributed by atoms with Gasteiger partial charge < -0.3 is 9.67 Å². The van der Waals surface area contributed by atoms with Crippen molar-refractivity contribution in [1.82, 2.24) is 4.57 Å². The minimum absolute atomic E-state index is 0.290. The maximum absolute atomic E-state index is 12.8. The third kappa shape index (κ3) is 3.03. The van der Waals surface area contributed by atoms with Gasteiger partial charge in [-0.25, -0.2) is 0 Å². The first-order chi connectivity index (χ1) is 10.5. The number of aliphatic carboxylic acids is 1. The van der Waals surface area contributed by atoms with Crippen LogP contribution in [0, 0.1) is 13.8 Å². The summed E-state index contributed by atoms with van der Waals surface area (Å²) in [5.41, 5.74) is 2.98. The van der Waals surface area contributed by atoms with E-state index in [1.165, 1.54) is 4.90 Å². The van der Waals surface area contributed by atoms with E-state index >= 15 is 0 Å². The number of carboxylic acids is 1. The van der Waals surface area contributed by atoms with Gasteiger partial charge in [-0.2, -0.15) is 0 Å². The van der Waals surface area contributed by atoms with Crippen LogP contribution >= 0.6 is 0 Å². The molecule has 1 aromatic carbocycles. The van der Waals surface area contributed by atoms with Crippen LogP contribution in [0.15, 0.2) is 36.4 Å². The molecule has 1 N–H and O–H groups in total. The predicted molar refractivity (Wildman–Crippen MR) is 85.3 cm³/mol. The average Bonchev–Trinajstić information content (AvgIpc) is 2.79. The second kappa shape index (κ2) is 6.47. The Morgan fingerprint density at radius 1 is 1.18 bits per heavy atom. The van der Waals surface area contributed by atoms with E-state index < -0.39 is 5.97 Å². The molecule has 22 heavy (non-hydrogen) atoms. The molecule has 1 aromatic heterocycles. The number of nitrogens with zero attached hydrogens (tertiary/aromatic N) is 2.